The van der Waals surface area contributed by atoms with Crippen molar-refractivity contribution < 1.29 is 4.39 Å². The molecule has 0 atom stereocenters. The van der Waals surface area contributed by atoms with Crippen LogP contribution in [-0.4, -0.2) is 49.7 Å². The minimum atomic E-state index is -0.198. The van der Waals surface area contributed by atoms with E-state index < -0.39 is 0 Å². The Kier molecular flexibility index (Phi) is 6.56. The fourth-order valence-electron chi connectivity index (χ4n) is 3.31. The van der Waals surface area contributed by atoms with Crippen LogP contribution in [0.2, 0.25) is 0 Å². The van der Waals surface area contributed by atoms with Crippen LogP contribution in [0.4, 0.5) is 15.9 Å². The number of hydrogen-bond acceptors (Lipinski definition) is 4. The maximum Gasteiger partial charge on any atom is 0.191 e. The SMILES string of the molecule is CN=C(NCc1ccnc(N2CCN(c3ccc(F)cc3)CC2)c1)NC(C)(C)C. The monoisotopic (exact) mass is 398 g/mol. The molecule has 6 nitrogen and oxygen atoms in total. The molecule has 0 unspecified atom stereocenters. The number of nitrogens with one attached hydrogen (secondary N) is 2. The Morgan fingerprint density at radius 1 is 1.07 bits per heavy atom. The Bertz CT molecular complexity index is 820. The summed E-state index contributed by atoms with van der Waals surface area (Å²) in [7, 11) is 1.78. The van der Waals surface area contributed by atoms with Gasteiger partial charge in [-0.25, -0.2) is 9.37 Å². The third-order valence-corrected chi connectivity index (χ3v) is 4.78. The lowest BCUT2D eigenvalue weighted by molar-refractivity contribution is 0.501. The van der Waals surface area contributed by atoms with Gasteiger partial charge in [-0.3, -0.25) is 4.99 Å². The summed E-state index contributed by atoms with van der Waals surface area (Å²) in [5.41, 5.74) is 2.18. The number of aromatic nitrogens is 1. The fourth-order valence-corrected chi connectivity index (χ4v) is 3.31. The predicted octanol–water partition coefficient (Wildman–Crippen LogP) is 3.01. The molecule has 156 valence electrons. The molecule has 0 spiro atoms. The molecule has 1 aromatic heterocycles. The molecule has 0 bridgehead atoms. The van der Waals surface area contributed by atoms with Crippen molar-refractivity contribution in [1.82, 2.24) is 15.6 Å². The number of hydrogen-bond donors (Lipinski definition) is 2. The van der Waals surface area contributed by atoms with Gasteiger partial charge in [0.1, 0.15) is 11.6 Å². The van der Waals surface area contributed by atoms with Crippen molar-refractivity contribution in [3.8, 4) is 0 Å². The van der Waals surface area contributed by atoms with E-state index in [1.54, 1.807) is 7.05 Å². The minimum Gasteiger partial charge on any atom is -0.368 e. The first kappa shape index (κ1) is 20.9. The molecule has 2 aromatic rings. The zero-order valence-corrected chi connectivity index (χ0v) is 17.7. The van der Waals surface area contributed by atoms with Gasteiger partial charge >= 0.3 is 0 Å². The lowest BCUT2D eigenvalue weighted by Crippen LogP contribution is -2.47. The Morgan fingerprint density at radius 3 is 2.34 bits per heavy atom. The third kappa shape index (κ3) is 6.07. The van der Waals surface area contributed by atoms with Crippen LogP contribution in [0.5, 0.6) is 0 Å². The van der Waals surface area contributed by atoms with Crippen LogP contribution < -0.4 is 20.4 Å². The summed E-state index contributed by atoms with van der Waals surface area (Å²) in [5, 5.41) is 6.72. The van der Waals surface area contributed by atoms with Gasteiger partial charge in [-0.15, -0.1) is 0 Å². The highest BCUT2D eigenvalue weighted by atomic mass is 19.1. The first-order valence-electron chi connectivity index (χ1n) is 10.0. The molecule has 1 saturated heterocycles. The standard InChI is InChI=1S/C22H31FN6/c1-22(2,3)27-21(24-4)26-16-17-9-10-25-20(15-17)29-13-11-28(12-14-29)19-7-5-18(23)6-8-19/h5-10,15H,11-14,16H2,1-4H3,(H2,24,26,27). The Morgan fingerprint density at radius 2 is 1.72 bits per heavy atom. The highest BCUT2D eigenvalue weighted by Crippen LogP contribution is 2.20. The van der Waals surface area contributed by atoms with Crippen LogP contribution >= 0.6 is 0 Å². The normalized spacial score (nSPS) is 15.4. The summed E-state index contributed by atoms with van der Waals surface area (Å²) in [5.74, 6) is 1.57. The molecule has 29 heavy (non-hydrogen) atoms. The summed E-state index contributed by atoms with van der Waals surface area (Å²) in [6.45, 7) is 10.5. The molecule has 1 aromatic carbocycles. The number of rotatable bonds is 4. The number of guanidine groups is 1. The molecule has 0 amide bonds. The first-order valence-corrected chi connectivity index (χ1v) is 10.0. The molecule has 7 heteroatoms. The maximum absolute atomic E-state index is 13.1. The van der Waals surface area contributed by atoms with Crippen LogP contribution in [0.1, 0.15) is 26.3 Å². The highest BCUT2D eigenvalue weighted by molar-refractivity contribution is 5.80. The predicted molar refractivity (Wildman–Crippen MR) is 118 cm³/mol. The topological polar surface area (TPSA) is 55.8 Å². The smallest absolute Gasteiger partial charge is 0.191 e. The van der Waals surface area contributed by atoms with Gasteiger partial charge in [0.2, 0.25) is 0 Å². The van der Waals surface area contributed by atoms with Crippen LogP contribution in [0.25, 0.3) is 0 Å². The second-order valence-corrected chi connectivity index (χ2v) is 8.27. The minimum absolute atomic E-state index is 0.0462. The summed E-state index contributed by atoms with van der Waals surface area (Å²) in [4.78, 5) is 13.4. The van der Waals surface area contributed by atoms with Crippen molar-refractivity contribution in [1.29, 1.82) is 0 Å². The fraction of sp³-hybridized carbons (Fsp3) is 0.455. The van der Waals surface area contributed by atoms with E-state index in [9.17, 15) is 4.39 Å². The zero-order chi connectivity index (χ0) is 20.9. The summed E-state index contributed by atoms with van der Waals surface area (Å²) in [6.07, 6.45) is 1.86. The van der Waals surface area contributed by atoms with E-state index in [0.717, 1.165) is 49.2 Å². The van der Waals surface area contributed by atoms with Gasteiger partial charge in [-0.05, 0) is 62.7 Å². The van der Waals surface area contributed by atoms with Gasteiger partial charge in [0.25, 0.3) is 0 Å². The van der Waals surface area contributed by atoms with Crippen molar-refractivity contribution in [2.75, 3.05) is 43.0 Å². The van der Waals surface area contributed by atoms with Gasteiger partial charge in [0.15, 0.2) is 5.96 Å². The van der Waals surface area contributed by atoms with Gasteiger partial charge in [-0.1, -0.05) is 0 Å². The van der Waals surface area contributed by atoms with E-state index in [1.165, 1.54) is 12.1 Å². The molecule has 0 saturated carbocycles. The second kappa shape index (κ2) is 9.11. The largest absolute Gasteiger partial charge is 0.368 e. The summed E-state index contributed by atoms with van der Waals surface area (Å²) in [6, 6.07) is 10.9. The summed E-state index contributed by atoms with van der Waals surface area (Å²) < 4.78 is 13.1. The molecule has 1 fully saturated rings. The van der Waals surface area contributed by atoms with Gasteiger partial charge in [0.05, 0.1) is 0 Å². The average molecular weight is 399 g/mol. The Balaban J connectivity index is 1.56. The van der Waals surface area contributed by atoms with Crippen LogP contribution in [0.3, 0.4) is 0 Å². The number of aliphatic imine (C=N–C) groups is 1. The lowest BCUT2D eigenvalue weighted by Gasteiger charge is -2.36. The molecular weight excluding hydrogens is 367 g/mol. The van der Waals surface area contributed by atoms with E-state index in [-0.39, 0.29) is 11.4 Å². The van der Waals surface area contributed by atoms with Crippen LogP contribution in [-0.2, 0) is 6.54 Å². The highest BCUT2D eigenvalue weighted by Gasteiger charge is 2.19. The number of piperazine rings is 1. The van der Waals surface area contributed by atoms with Crippen LogP contribution in [0.15, 0.2) is 47.6 Å². The van der Waals surface area contributed by atoms with E-state index >= 15 is 0 Å². The second-order valence-electron chi connectivity index (χ2n) is 8.27. The number of pyridine rings is 1. The summed E-state index contributed by atoms with van der Waals surface area (Å²) >= 11 is 0. The zero-order valence-electron chi connectivity index (χ0n) is 17.7. The molecule has 3 rings (SSSR count). The molecule has 0 radical (unpaired) electrons. The van der Waals surface area contributed by atoms with Crippen molar-refractivity contribution in [2.24, 2.45) is 4.99 Å². The molecule has 1 aliphatic heterocycles. The molecule has 2 heterocycles. The van der Waals surface area contributed by atoms with Gasteiger partial charge in [0, 0.05) is 57.2 Å². The number of nitrogens with zero attached hydrogens (tertiary/aromatic N) is 4. The average Bonchev–Trinajstić information content (AvgIpc) is 2.71. The van der Waals surface area contributed by atoms with E-state index in [0.29, 0.717) is 6.54 Å². The van der Waals surface area contributed by atoms with Gasteiger partial charge < -0.3 is 20.4 Å². The van der Waals surface area contributed by atoms with Crippen molar-refractivity contribution >= 4 is 17.5 Å². The Hall–Kier alpha value is -2.83. The maximum atomic E-state index is 13.1. The number of anilines is 2. The van der Waals surface area contributed by atoms with E-state index in [2.05, 4.69) is 57.2 Å². The number of benzene rings is 1. The van der Waals surface area contributed by atoms with Crippen molar-refractivity contribution in [3.63, 3.8) is 0 Å². The third-order valence-electron chi connectivity index (χ3n) is 4.78. The van der Waals surface area contributed by atoms with E-state index in [4.69, 9.17) is 0 Å². The quantitative estimate of drug-likeness (QED) is 0.613. The van der Waals surface area contributed by atoms with Crippen molar-refractivity contribution in [2.45, 2.75) is 32.9 Å². The lowest BCUT2D eigenvalue weighted by atomic mass is 10.1. The number of halogens is 1. The van der Waals surface area contributed by atoms with E-state index in [1.807, 2.05) is 24.4 Å². The molecule has 0 aliphatic carbocycles. The van der Waals surface area contributed by atoms with Gasteiger partial charge in [-0.2, -0.15) is 0 Å². The molecule has 1 aliphatic rings. The Labute approximate surface area is 172 Å². The first-order chi connectivity index (χ1) is 13.8. The van der Waals surface area contributed by atoms with Crippen LogP contribution in [0, 0.1) is 5.82 Å². The molecular formula is C22H31FN6. The van der Waals surface area contributed by atoms with Crippen molar-refractivity contribution in [3.05, 3.63) is 54.0 Å². The molecule has 2 N–H and O–H groups in total.